The van der Waals surface area contributed by atoms with Gasteiger partial charge >= 0.3 is 0 Å². The number of benzene rings is 1. The van der Waals surface area contributed by atoms with Crippen LogP contribution in [0.2, 0.25) is 0 Å². The molecular formula is C18H26N4. The van der Waals surface area contributed by atoms with Crippen molar-refractivity contribution < 1.29 is 0 Å². The lowest BCUT2D eigenvalue weighted by Crippen LogP contribution is -2.24. The molecule has 1 N–H and O–H groups in total. The summed E-state index contributed by atoms with van der Waals surface area (Å²) < 4.78 is 0. The Morgan fingerprint density at radius 3 is 2.50 bits per heavy atom. The molecule has 4 heteroatoms. The summed E-state index contributed by atoms with van der Waals surface area (Å²) in [6, 6.07) is 12.9. The maximum Gasteiger partial charge on any atom is 0.134 e. The third-order valence-corrected chi connectivity index (χ3v) is 3.75. The zero-order chi connectivity index (χ0) is 15.9. The van der Waals surface area contributed by atoms with Gasteiger partial charge in [0, 0.05) is 25.2 Å². The van der Waals surface area contributed by atoms with Gasteiger partial charge in [0.1, 0.15) is 17.5 Å². The van der Waals surface area contributed by atoms with E-state index in [9.17, 15) is 0 Å². The Bertz CT molecular complexity index is 583. The van der Waals surface area contributed by atoms with Crippen LogP contribution in [0.3, 0.4) is 0 Å². The highest BCUT2D eigenvalue weighted by Gasteiger charge is 2.10. The van der Waals surface area contributed by atoms with Gasteiger partial charge in [-0.25, -0.2) is 9.97 Å². The third-order valence-electron chi connectivity index (χ3n) is 3.75. The normalized spacial score (nSPS) is 12.0. The predicted octanol–water partition coefficient (Wildman–Crippen LogP) is 4.02. The van der Waals surface area contributed by atoms with Crippen molar-refractivity contribution in [2.75, 3.05) is 16.8 Å². The zero-order valence-corrected chi connectivity index (χ0v) is 14.0. The fourth-order valence-electron chi connectivity index (χ4n) is 2.30. The Hall–Kier alpha value is -2.10. The fourth-order valence-corrected chi connectivity index (χ4v) is 2.30. The summed E-state index contributed by atoms with van der Waals surface area (Å²) in [5, 5.41) is 3.44. The van der Waals surface area contributed by atoms with Gasteiger partial charge in [-0.3, -0.25) is 0 Å². The van der Waals surface area contributed by atoms with E-state index in [-0.39, 0.29) is 0 Å². The average Bonchev–Trinajstić information content (AvgIpc) is 2.52. The van der Waals surface area contributed by atoms with Gasteiger partial charge < -0.3 is 10.2 Å². The smallest absolute Gasteiger partial charge is 0.134 e. The maximum absolute atomic E-state index is 4.61. The van der Waals surface area contributed by atoms with E-state index in [1.165, 1.54) is 5.56 Å². The van der Waals surface area contributed by atoms with Crippen molar-refractivity contribution in [3.05, 3.63) is 47.8 Å². The number of aryl methyl sites for hydroxylation is 1. The molecule has 2 rings (SSSR count). The van der Waals surface area contributed by atoms with Crippen molar-refractivity contribution >= 4 is 11.6 Å². The topological polar surface area (TPSA) is 41.0 Å². The summed E-state index contributed by atoms with van der Waals surface area (Å²) >= 11 is 0. The van der Waals surface area contributed by atoms with Crippen LogP contribution in [-0.4, -0.2) is 22.6 Å². The molecule has 0 saturated carbocycles. The van der Waals surface area contributed by atoms with Gasteiger partial charge in [-0.1, -0.05) is 37.3 Å². The van der Waals surface area contributed by atoms with E-state index in [1.54, 1.807) is 0 Å². The van der Waals surface area contributed by atoms with Crippen molar-refractivity contribution in [2.45, 2.75) is 46.7 Å². The summed E-state index contributed by atoms with van der Waals surface area (Å²) in [4.78, 5) is 11.4. The van der Waals surface area contributed by atoms with Crippen LogP contribution >= 0.6 is 0 Å². The molecule has 1 heterocycles. The summed E-state index contributed by atoms with van der Waals surface area (Å²) in [7, 11) is 0. The molecule has 0 radical (unpaired) electrons. The summed E-state index contributed by atoms with van der Waals surface area (Å²) in [5.74, 6) is 2.68. The van der Waals surface area contributed by atoms with Crippen LogP contribution in [0.15, 0.2) is 36.4 Å². The molecule has 0 aliphatic heterocycles. The fraction of sp³-hybridized carbons (Fsp3) is 0.444. The molecule has 0 saturated heterocycles. The van der Waals surface area contributed by atoms with Crippen LogP contribution in [-0.2, 0) is 6.54 Å². The van der Waals surface area contributed by atoms with E-state index in [0.717, 1.165) is 37.0 Å². The second-order valence-electron chi connectivity index (χ2n) is 5.61. The number of aromatic nitrogens is 2. The first kappa shape index (κ1) is 16.3. The highest BCUT2D eigenvalue weighted by Crippen LogP contribution is 2.19. The minimum Gasteiger partial charge on any atom is -0.367 e. The van der Waals surface area contributed by atoms with Crippen LogP contribution in [0.1, 0.15) is 38.6 Å². The van der Waals surface area contributed by atoms with Crippen LogP contribution in [0, 0.1) is 6.92 Å². The van der Waals surface area contributed by atoms with E-state index in [2.05, 4.69) is 65.2 Å². The third kappa shape index (κ3) is 4.45. The quantitative estimate of drug-likeness (QED) is 0.838. The molecule has 4 nitrogen and oxygen atoms in total. The van der Waals surface area contributed by atoms with Gasteiger partial charge in [0.25, 0.3) is 0 Å². The second-order valence-corrected chi connectivity index (χ2v) is 5.61. The second kappa shape index (κ2) is 7.78. The molecule has 0 spiro atoms. The number of nitrogens with zero attached hydrogens (tertiary/aromatic N) is 3. The lowest BCUT2D eigenvalue weighted by molar-refractivity contribution is 0.754. The van der Waals surface area contributed by atoms with Gasteiger partial charge in [-0.2, -0.15) is 0 Å². The van der Waals surface area contributed by atoms with E-state index in [1.807, 2.05) is 19.1 Å². The van der Waals surface area contributed by atoms with Crippen LogP contribution in [0.4, 0.5) is 11.6 Å². The Morgan fingerprint density at radius 1 is 1.14 bits per heavy atom. The average molecular weight is 298 g/mol. The summed E-state index contributed by atoms with van der Waals surface area (Å²) in [6.07, 6.45) is 1.07. The van der Waals surface area contributed by atoms with Crippen molar-refractivity contribution in [2.24, 2.45) is 0 Å². The Balaban J connectivity index is 2.21. The molecule has 0 aliphatic rings. The van der Waals surface area contributed by atoms with Gasteiger partial charge in [-0.05, 0) is 32.8 Å². The number of hydrogen-bond acceptors (Lipinski definition) is 4. The molecule has 2 aromatic rings. The molecule has 0 fully saturated rings. The maximum atomic E-state index is 4.61. The number of anilines is 2. The predicted molar refractivity (Wildman–Crippen MR) is 93.3 cm³/mol. The molecule has 1 aromatic carbocycles. The molecule has 1 atom stereocenters. The van der Waals surface area contributed by atoms with Crippen molar-refractivity contribution in [1.29, 1.82) is 0 Å². The number of rotatable bonds is 7. The van der Waals surface area contributed by atoms with Crippen molar-refractivity contribution in [3.63, 3.8) is 0 Å². The van der Waals surface area contributed by atoms with Crippen LogP contribution in [0.25, 0.3) is 0 Å². The van der Waals surface area contributed by atoms with E-state index < -0.39 is 0 Å². The molecule has 22 heavy (non-hydrogen) atoms. The summed E-state index contributed by atoms with van der Waals surface area (Å²) in [5.41, 5.74) is 1.29. The van der Waals surface area contributed by atoms with E-state index in [4.69, 9.17) is 0 Å². The minimum atomic E-state index is 0.409. The first-order chi connectivity index (χ1) is 10.6. The highest BCUT2D eigenvalue weighted by atomic mass is 15.2. The first-order valence-corrected chi connectivity index (χ1v) is 8.03. The molecule has 1 unspecified atom stereocenters. The molecule has 1 aromatic heterocycles. The number of hydrogen-bond donors (Lipinski definition) is 1. The van der Waals surface area contributed by atoms with E-state index >= 15 is 0 Å². The molecule has 118 valence electrons. The van der Waals surface area contributed by atoms with E-state index in [0.29, 0.717) is 6.04 Å². The largest absolute Gasteiger partial charge is 0.367 e. The van der Waals surface area contributed by atoms with Gasteiger partial charge in [0.15, 0.2) is 0 Å². The van der Waals surface area contributed by atoms with Gasteiger partial charge in [0.05, 0.1) is 0 Å². The van der Waals surface area contributed by atoms with Gasteiger partial charge in [-0.15, -0.1) is 0 Å². The minimum absolute atomic E-state index is 0.409. The standard InChI is InChI=1S/C18H26N4/c1-5-14(3)19-17-12-18(21-15(4)20-17)22(6-2)13-16-10-8-7-9-11-16/h7-12,14H,5-6,13H2,1-4H3,(H,19,20,21). The van der Waals surface area contributed by atoms with Crippen molar-refractivity contribution in [3.8, 4) is 0 Å². The summed E-state index contributed by atoms with van der Waals surface area (Å²) in [6.45, 7) is 10.2. The SMILES string of the molecule is CCC(C)Nc1cc(N(CC)Cc2ccccc2)nc(C)n1. The first-order valence-electron chi connectivity index (χ1n) is 8.03. The zero-order valence-electron chi connectivity index (χ0n) is 14.0. The molecular weight excluding hydrogens is 272 g/mol. The van der Waals surface area contributed by atoms with Crippen LogP contribution < -0.4 is 10.2 Å². The lowest BCUT2D eigenvalue weighted by atomic mass is 10.2. The Labute approximate surface area is 133 Å². The molecule has 0 aliphatic carbocycles. The number of nitrogens with one attached hydrogen (secondary N) is 1. The van der Waals surface area contributed by atoms with Crippen molar-refractivity contribution in [1.82, 2.24) is 9.97 Å². The Kier molecular flexibility index (Phi) is 5.75. The monoisotopic (exact) mass is 298 g/mol. The van der Waals surface area contributed by atoms with Crippen LogP contribution in [0.5, 0.6) is 0 Å². The highest BCUT2D eigenvalue weighted by molar-refractivity contribution is 5.50. The van der Waals surface area contributed by atoms with Gasteiger partial charge in [0.2, 0.25) is 0 Å². The Morgan fingerprint density at radius 2 is 1.86 bits per heavy atom. The molecule has 0 bridgehead atoms. The molecule has 0 amide bonds. The lowest BCUT2D eigenvalue weighted by Gasteiger charge is -2.23.